The molecule has 1 heterocycles. The van der Waals surface area contributed by atoms with Crippen LogP contribution >= 0.6 is 0 Å². The lowest BCUT2D eigenvalue weighted by atomic mass is 9.95. The molecule has 188 valence electrons. The molecular weight excluding hydrogens is 444 g/mol. The first-order valence-electron chi connectivity index (χ1n) is 12.2. The van der Waals surface area contributed by atoms with E-state index in [1.54, 1.807) is 42.3 Å². The Morgan fingerprint density at radius 3 is 2.34 bits per heavy atom. The molecular formula is C28H36N2O5. The number of carbonyl (C=O) groups excluding carboxylic acids is 2. The Hall–Kier alpha value is -3.32. The van der Waals surface area contributed by atoms with Crippen molar-refractivity contribution >= 4 is 17.4 Å². The number of Topliss-reactive ketones (excluding diaryl/α,β-unsaturated/α-hetero) is 1. The number of ether oxygens (including phenoxy) is 2. The van der Waals surface area contributed by atoms with Gasteiger partial charge in [-0.3, -0.25) is 9.59 Å². The average Bonchev–Trinajstić information content (AvgIpc) is 3.12. The van der Waals surface area contributed by atoms with Gasteiger partial charge in [-0.15, -0.1) is 0 Å². The van der Waals surface area contributed by atoms with Crippen molar-refractivity contribution in [2.24, 2.45) is 5.92 Å². The Morgan fingerprint density at radius 2 is 1.74 bits per heavy atom. The van der Waals surface area contributed by atoms with Crippen molar-refractivity contribution in [3.8, 4) is 11.5 Å². The summed E-state index contributed by atoms with van der Waals surface area (Å²) in [6, 6.07) is 13.5. The van der Waals surface area contributed by atoms with Gasteiger partial charge >= 0.3 is 0 Å². The molecule has 35 heavy (non-hydrogen) atoms. The molecule has 7 nitrogen and oxygen atoms in total. The molecule has 7 heteroatoms. The molecule has 1 unspecified atom stereocenters. The second kappa shape index (κ2) is 11.9. The van der Waals surface area contributed by atoms with Crippen molar-refractivity contribution in [2.45, 2.75) is 33.7 Å². The minimum absolute atomic E-state index is 0.0840. The van der Waals surface area contributed by atoms with E-state index in [0.717, 1.165) is 18.7 Å². The highest BCUT2D eigenvalue weighted by atomic mass is 16.5. The number of aliphatic hydroxyl groups excluding tert-OH is 1. The lowest BCUT2D eigenvalue weighted by Crippen LogP contribution is -2.38. The van der Waals surface area contributed by atoms with Crippen LogP contribution in [0.2, 0.25) is 0 Å². The van der Waals surface area contributed by atoms with Crippen LogP contribution in [0.1, 0.15) is 44.9 Å². The van der Waals surface area contributed by atoms with Crippen LogP contribution in [0.25, 0.3) is 5.76 Å². The predicted octanol–water partition coefficient (Wildman–Crippen LogP) is 4.49. The Bertz CT molecular complexity index is 1060. The fourth-order valence-corrected chi connectivity index (χ4v) is 4.18. The monoisotopic (exact) mass is 480 g/mol. The highest BCUT2D eigenvalue weighted by Gasteiger charge is 2.46. The summed E-state index contributed by atoms with van der Waals surface area (Å²) in [7, 11) is 1.58. The first-order valence-corrected chi connectivity index (χ1v) is 12.2. The molecule has 3 rings (SSSR count). The molecule has 1 saturated heterocycles. The number of carbonyl (C=O) groups is 2. The second-order valence-electron chi connectivity index (χ2n) is 9.03. The number of aliphatic hydroxyl groups is 1. The number of hydrogen-bond acceptors (Lipinski definition) is 6. The first kappa shape index (κ1) is 26.3. The van der Waals surface area contributed by atoms with Gasteiger partial charge in [0, 0.05) is 18.7 Å². The molecule has 0 aliphatic carbocycles. The summed E-state index contributed by atoms with van der Waals surface area (Å²) in [6.45, 7) is 11.5. The molecule has 1 fully saturated rings. The summed E-state index contributed by atoms with van der Waals surface area (Å²) in [5, 5.41) is 11.3. The number of rotatable bonds is 11. The van der Waals surface area contributed by atoms with Gasteiger partial charge in [0.15, 0.2) is 0 Å². The van der Waals surface area contributed by atoms with Gasteiger partial charge in [-0.25, -0.2) is 0 Å². The molecule has 1 aliphatic rings. The minimum Gasteiger partial charge on any atom is -0.507 e. The fraction of sp³-hybridized carbons (Fsp3) is 0.429. The van der Waals surface area contributed by atoms with Crippen molar-refractivity contribution in [1.82, 2.24) is 9.80 Å². The van der Waals surface area contributed by atoms with Crippen molar-refractivity contribution in [2.75, 3.05) is 39.9 Å². The highest BCUT2D eigenvalue weighted by Crippen LogP contribution is 2.40. The molecule has 0 bridgehead atoms. The Kier molecular flexibility index (Phi) is 8.93. The van der Waals surface area contributed by atoms with E-state index in [1.807, 2.05) is 18.2 Å². The van der Waals surface area contributed by atoms with Gasteiger partial charge in [0.1, 0.15) is 17.3 Å². The van der Waals surface area contributed by atoms with Crippen LogP contribution in [-0.4, -0.2) is 66.5 Å². The summed E-state index contributed by atoms with van der Waals surface area (Å²) in [4.78, 5) is 30.2. The summed E-state index contributed by atoms with van der Waals surface area (Å²) < 4.78 is 11.1. The quantitative estimate of drug-likeness (QED) is 0.290. The van der Waals surface area contributed by atoms with Gasteiger partial charge < -0.3 is 24.4 Å². The van der Waals surface area contributed by atoms with E-state index in [0.29, 0.717) is 42.7 Å². The minimum atomic E-state index is -0.697. The summed E-state index contributed by atoms with van der Waals surface area (Å²) in [5.41, 5.74) is 1.26. The van der Waals surface area contributed by atoms with E-state index >= 15 is 0 Å². The number of methoxy groups -OCH3 is 1. The van der Waals surface area contributed by atoms with E-state index in [9.17, 15) is 14.7 Å². The normalized spacial score (nSPS) is 17.5. The van der Waals surface area contributed by atoms with Crippen molar-refractivity contribution in [3.63, 3.8) is 0 Å². The van der Waals surface area contributed by atoms with Crippen molar-refractivity contribution in [3.05, 3.63) is 65.2 Å². The van der Waals surface area contributed by atoms with Crippen LogP contribution < -0.4 is 9.47 Å². The van der Waals surface area contributed by atoms with Crippen LogP contribution in [0.5, 0.6) is 11.5 Å². The largest absolute Gasteiger partial charge is 0.507 e. The standard InChI is InChI=1S/C28H36N2O5/c1-6-29(7-2)15-16-30-25(20-11-13-22(34-5)14-12-20)24(27(32)28(30)33)26(31)21-9-8-10-23(17-21)35-18-19(3)4/h8-14,17,19,25,31H,6-7,15-16,18H2,1-5H3/b26-24-. The van der Waals surface area contributed by atoms with Gasteiger partial charge in [0.2, 0.25) is 0 Å². The topological polar surface area (TPSA) is 79.3 Å². The van der Waals surface area contributed by atoms with E-state index in [4.69, 9.17) is 9.47 Å². The Labute approximate surface area is 207 Å². The zero-order valence-electron chi connectivity index (χ0n) is 21.3. The van der Waals surface area contributed by atoms with Gasteiger partial charge in [-0.2, -0.15) is 0 Å². The Morgan fingerprint density at radius 1 is 1.06 bits per heavy atom. The zero-order valence-corrected chi connectivity index (χ0v) is 21.3. The van der Waals surface area contributed by atoms with Gasteiger partial charge in [0.25, 0.3) is 11.7 Å². The van der Waals surface area contributed by atoms with Crippen molar-refractivity contribution in [1.29, 1.82) is 0 Å². The zero-order chi connectivity index (χ0) is 25.5. The lowest BCUT2D eigenvalue weighted by molar-refractivity contribution is -0.140. The number of hydrogen-bond donors (Lipinski definition) is 1. The van der Waals surface area contributed by atoms with Crippen LogP contribution in [0.4, 0.5) is 0 Å². The predicted molar refractivity (Wildman–Crippen MR) is 137 cm³/mol. The molecule has 2 aromatic rings. The molecule has 0 aromatic heterocycles. The van der Waals surface area contributed by atoms with Gasteiger partial charge in [-0.1, -0.05) is 52.0 Å². The lowest BCUT2D eigenvalue weighted by Gasteiger charge is -2.28. The molecule has 2 aromatic carbocycles. The SMILES string of the molecule is CCN(CC)CCN1C(=O)C(=O)/C(=C(\O)c2cccc(OCC(C)C)c2)C1c1ccc(OC)cc1. The number of amides is 1. The highest BCUT2D eigenvalue weighted by molar-refractivity contribution is 6.46. The maximum atomic E-state index is 13.2. The average molecular weight is 481 g/mol. The number of nitrogens with zero attached hydrogens (tertiary/aromatic N) is 2. The molecule has 0 spiro atoms. The summed E-state index contributed by atoms with van der Waals surface area (Å²) in [5.74, 6) is 0.120. The number of likely N-dealkylation sites (tertiary alicyclic amines) is 1. The van der Waals surface area contributed by atoms with Crippen molar-refractivity contribution < 1.29 is 24.2 Å². The molecule has 0 saturated carbocycles. The maximum absolute atomic E-state index is 13.2. The third kappa shape index (κ3) is 6.03. The van der Waals surface area contributed by atoms with Gasteiger partial charge in [-0.05, 0) is 48.8 Å². The van der Waals surface area contributed by atoms with E-state index < -0.39 is 17.7 Å². The molecule has 1 aliphatic heterocycles. The fourth-order valence-electron chi connectivity index (χ4n) is 4.18. The summed E-state index contributed by atoms with van der Waals surface area (Å²) >= 11 is 0. The third-order valence-corrected chi connectivity index (χ3v) is 6.21. The Balaban J connectivity index is 2.05. The van der Waals surface area contributed by atoms with E-state index in [2.05, 4.69) is 32.6 Å². The second-order valence-corrected chi connectivity index (χ2v) is 9.03. The first-order chi connectivity index (χ1) is 16.8. The molecule has 1 atom stereocenters. The maximum Gasteiger partial charge on any atom is 0.295 e. The third-order valence-electron chi connectivity index (χ3n) is 6.21. The van der Waals surface area contributed by atoms with E-state index in [1.165, 1.54) is 0 Å². The summed E-state index contributed by atoms with van der Waals surface area (Å²) in [6.07, 6.45) is 0. The number of benzene rings is 2. The van der Waals surface area contributed by atoms with Gasteiger partial charge in [0.05, 0.1) is 25.3 Å². The number of ketones is 1. The molecule has 0 radical (unpaired) electrons. The smallest absolute Gasteiger partial charge is 0.295 e. The van der Waals surface area contributed by atoms with Crippen LogP contribution in [0.3, 0.4) is 0 Å². The van der Waals surface area contributed by atoms with Crippen LogP contribution in [0.15, 0.2) is 54.1 Å². The molecule has 1 N–H and O–H groups in total. The van der Waals surface area contributed by atoms with Crippen LogP contribution in [-0.2, 0) is 9.59 Å². The number of likely N-dealkylation sites (N-methyl/N-ethyl adjacent to an activating group) is 1. The van der Waals surface area contributed by atoms with E-state index in [-0.39, 0.29) is 11.3 Å². The molecule has 1 amide bonds. The van der Waals surface area contributed by atoms with Crippen LogP contribution in [0, 0.1) is 5.92 Å².